The van der Waals surface area contributed by atoms with E-state index < -0.39 is 0 Å². The van der Waals surface area contributed by atoms with Crippen LogP contribution in [0, 0.1) is 20.8 Å². The summed E-state index contributed by atoms with van der Waals surface area (Å²) in [6, 6.07) is 7.75. The summed E-state index contributed by atoms with van der Waals surface area (Å²) in [5, 5.41) is 0. The maximum Gasteiger partial charge on any atom is 0.173 e. The highest BCUT2D eigenvalue weighted by molar-refractivity contribution is 8.00. The Hall–Kier alpha value is -1.48. The Labute approximate surface area is 111 Å². The van der Waals surface area contributed by atoms with Crippen molar-refractivity contribution in [1.29, 1.82) is 0 Å². The molecule has 0 saturated heterocycles. The number of thioether (sulfide) groups is 1. The second-order valence-corrected chi connectivity index (χ2v) is 5.37. The summed E-state index contributed by atoms with van der Waals surface area (Å²) < 4.78 is 5.21. The van der Waals surface area contributed by atoms with Gasteiger partial charge in [-0.3, -0.25) is 4.79 Å². The van der Waals surface area contributed by atoms with Crippen LogP contribution in [0.2, 0.25) is 0 Å². The van der Waals surface area contributed by atoms with Gasteiger partial charge in [0.1, 0.15) is 5.76 Å². The van der Waals surface area contributed by atoms with E-state index in [0.29, 0.717) is 5.75 Å². The van der Waals surface area contributed by atoms with E-state index in [1.54, 1.807) is 6.26 Å². The third kappa shape index (κ3) is 2.85. The molecule has 1 aromatic heterocycles. The quantitative estimate of drug-likeness (QED) is 0.610. The molecule has 0 saturated carbocycles. The van der Waals surface area contributed by atoms with Gasteiger partial charge < -0.3 is 4.42 Å². The molecule has 0 spiro atoms. The summed E-state index contributed by atoms with van der Waals surface area (Å²) in [4.78, 5) is 13.1. The summed E-state index contributed by atoms with van der Waals surface area (Å²) >= 11 is 1.52. The Bertz CT molecular complexity index is 570. The normalized spacial score (nSPS) is 10.6. The van der Waals surface area contributed by atoms with Gasteiger partial charge in [0.15, 0.2) is 5.78 Å². The lowest BCUT2D eigenvalue weighted by Crippen LogP contribution is -2.03. The topological polar surface area (TPSA) is 30.2 Å². The van der Waals surface area contributed by atoms with Gasteiger partial charge in [-0.2, -0.15) is 0 Å². The van der Waals surface area contributed by atoms with Gasteiger partial charge in [-0.05, 0) is 44.0 Å². The van der Waals surface area contributed by atoms with E-state index in [4.69, 9.17) is 4.42 Å². The first-order chi connectivity index (χ1) is 8.58. The number of ketones is 1. The minimum absolute atomic E-state index is 0.156. The molecule has 0 bridgehead atoms. The smallest absolute Gasteiger partial charge is 0.173 e. The second kappa shape index (κ2) is 5.44. The van der Waals surface area contributed by atoms with E-state index in [2.05, 4.69) is 0 Å². The highest BCUT2D eigenvalue weighted by Gasteiger charge is 2.09. The van der Waals surface area contributed by atoms with Crippen LogP contribution in [0.4, 0.5) is 0 Å². The molecule has 2 aromatic rings. The minimum atomic E-state index is 0.156. The fraction of sp³-hybridized carbons (Fsp3) is 0.267. The maximum absolute atomic E-state index is 12.1. The van der Waals surface area contributed by atoms with E-state index in [-0.39, 0.29) is 5.78 Å². The van der Waals surface area contributed by atoms with Crippen LogP contribution in [-0.4, -0.2) is 11.5 Å². The Morgan fingerprint density at radius 2 is 1.94 bits per heavy atom. The molecule has 3 heteroatoms. The molecule has 2 rings (SSSR count). The Morgan fingerprint density at radius 3 is 2.56 bits per heavy atom. The predicted octanol–water partition coefficient (Wildman–Crippen LogP) is 4.18. The van der Waals surface area contributed by atoms with Crippen molar-refractivity contribution in [3.05, 3.63) is 53.0 Å². The zero-order chi connectivity index (χ0) is 13.1. The molecule has 0 fully saturated rings. The van der Waals surface area contributed by atoms with Crippen LogP contribution in [0.3, 0.4) is 0 Å². The lowest BCUT2D eigenvalue weighted by molar-refractivity contribution is 0.102. The molecular weight excluding hydrogens is 244 g/mol. The van der Waals surface area contributed by atoms with Crippen LogP contribution in [0.15, 0.2) is 39.8 Å². The SMILES string of the molecule is Cc1ccc(C(=O)CSc2ccoc2C)cc1C. The number of furan rings is 1. The van der Waals surface area contributed by atoms with Crippen molar-refractivity contribution in [2.24, 2.45) is 0 Å². The van der Waals surface area contributed by atoms with Crippen molar-refractivity contribution in [3.8, 4) is 0 Å². The number of aryl methyl sites for hydroxylation is 3. The van der Waals surface area contributed by atoms with Crippen molar-refractivity contribution in [1.82, 2.24) is 0 Å². The summed E-state index contributed by atoms with van der Waals surface area (Å²) in [5.41, 5.74) is 3.15. The first-order valence-electron chi connectivity index (χ1n) is 5.85. The molecule has 0 aliphatic carbocycles. The fourth-order valence-corrected chi connectivity index (χ4v) is 2.52. The minimum Gasteiger partial charge on any atom is -0.468 e. The van der Waals surface area contributed by atoms with E-state index in [1.165, 1.54) is 17.3 Å². The summed E-state index contributed by atoms with van der Waals surface area (Å²) in [6.07, 6.45) is 1.65. The Kier molecular flexibility index (Phi) is 3.92. The summed E-state index contributed by atoms with van der Waals surface area (Å²) in [7, 11) is 0. The van der Waals surface area contributed by atoms with Crippen LogP contribution in [0.5, 0.6) is 0 Å². The molecule has 0 unspecified atom stereocenters. The Balaban J connectivity index is 2.04. The number of hydrogen-bond acceptors (Lipinski definition) is 3. The third-order valence-electron chi connectivity index (χ3n) is 3.00. The molecule has 1 aromatic carbocycles. The van der Waals surface area contributed by atoms with E-state index in [9.17, 15) is 4.79 Å². The molecule has 0 radical (unpaired) electrons. The molecule has 0 aliphatic rings. The van der Waals surface area contributed by atoms with Crippen LogP contribution in [0.25, 0.3) is 0 Å². The van der Waals surface area contributed by atoms with Gasteiger partial charge in [0.2, 0.25) is 0 Å². The van der Waals surface area contributed by atoms with Crippen LogP contribution < -0.4 is 0 Å². The number of hydrogen-bond donors (Lipinski definition) is 0. The first kappa shape index (κ1) is 13.0. The molecule has 0 amide bonds. The number of benzene rings is 1. The average molecular weight is 260 g/mol. The lowest BCUT2D eigenvalue weighted by atomic mass is 10.0. The van der Waals surface area contributed by atoms with Crippen LogP contribution >= 0.6 is 11.8 Å². The highest BCUT2D eigenvalue weighted by atomic mass is 32.2. The monoisotopic (exact) mass is 260 g/mol. The van der Waals surface area contributed by atoms with Gasteiger partial charge in [-0.1, -0.05) is 12.1 Å². The zero-order valence-electron chi connectivity index (χ0n) is 10.8. The van der Waals surface area contributed by atoms with Gasteiger partial charge in [0.05, 0.1) is 12.0 Å². The fourth-order valence-electron chi connectivity index (χ4n) is 1.66. The molecule has 2 nitrogen and oxygen atoms in total. The predicted molar refractivity (Wildman–Crippen MR) is 74.4 cm³/mol. The molecule has 0 N–H and O–H groups in total. The second-order valence-electron chi connectivity index (χ2n) is 4.35. The first-order valence-corrected chi connectivity index (χ1v) is 6.84. The van der Waals surface area contributed by atoms with Crippen molar-refractivity contribution in [2.45, 2.75) is 25.7 Å². The number of Topliss-reactive ketones (excluding diaryl/α,β-unsaturated/α-hetero) is 1. The van der Waals surface area contributed by atoms with Gasteiger partial charge in [0.25, 0.3) is 0 Å². The molecule has 18 heavy (non-hydrogen) atoms. The van der Waals surface area contributed by atoms with Crippen LogP contribution in [0.1, 0.15) is 27.2 Å². The maximum atomic E-state index is 12.1. The number of carbonyl (C=O) groups excluding carboxylic acids is 1. The Morgan fingerprint density at radius 1 is 1.17 bits per heavy atom. The largest absolute Gasteiger partial charge is 0.468 e. The summed E-state index contributed by atoms with van der Waals surface area (Å²) in [6.45, 7) is 5.98. The molecule has 1 heterocycles. The van der Waals surface area contributed by atoms with E-state index in [0.717, 1.165) is 21.8 Å². The van der Waals surface area contributed by atoms with Crippen molar-refractivity contribution in [2.75, 3.05) is 5.75 Å². The van der Waals surface area contributed by atoms with Crippen molar-refractivity contribution >= 4 is 17.5 Å². The van der Waals surface area contributed by atoms with E-state index >= 15 is 0 Å². The van der Waals surface area contributed by atoms with Gasteiger partial charge in [0, 0.05) is 10.5 Å². The standard InChI is InChI=1S/C15H16O2S/c1-10-4-5-13(8-11(10)2)14(16)9-18-15-6-7-17-12(15)3/h4-8H,9H2,1-3H3. The lowest BCUT2D eigenvalue weighted by Gasteiger charge is -2.04. The average Bonchev–Trinajstić information content (AvgIpc) is 2.75. The van der Waals surface area contributed by atoms with Gasteiger partial charge >= 0.3 is 0 Å². The third-order valence-corrected chi connectivity index (χ3v) is 4.14. The molecule has 0 aliphatic heterocycles. The molecule has 0 atom stereocenters. The van der Waals surface area contributed by atoms with E-state index in [1.807, 2.05) is 45.0 Å². The van der Waals surface area contributed by atoms with Crippen LogP contribution in [-0.2, 0) is 0 Å². The van der Waals surface area contributed by atoms with Gasteiger partial charge in [-0.15, -0.1) is 11.8 Å². The van der Waals surface area contributed by atoms with Crippen molar-refractivity contribution < 1.29 is 9.21 Å². The molecular formula is C15H16O2S. The summed E-state index contributed by atoms with van der Waals surface area (Å²) in [5.74, 6) is 1.47. The van der Waals surface area contributed by atoms with Gasteiger partial charge in [-0.25, -0.2) is 0 Å². The number of carbonyl (C=O) groups is 1. The number of rotatable bonds is 4. The molecule has 94 valence electrons. The van der Waals surface area contributed by atoms with Crippen molar-refractivity contribution in [3.63, 3.8) is 0 Å². The highest BCUT2D eigenvalue weighted by Crippen LogP contribution is 2.24. The zero-order valence-corrected chi connectivity index (χ0v) is 11.6.